The standard InChI is InChI=1S/C11H11N5O4/c1-6-14-10(20-15-6)5-13-11(17)7-2-3-9(16(18)19)8(12)4-7/h2-4H,5,12H2,1H3,(H,13,17). The van der Waals surface area contributed by atoms with Crippen LogP contribution in [-0.2, 0) is 6.54 Å². The van der Waals surface area contributed by atoms with E-state index in [1.54, 1.807) is 6.92 Å². The molecule has 1 aromatic carbocycles. The van der Waals surface area contributed by atoms with E-state index in [9.17, 15) is 14.9 Å². The smallest absolute Gasteiger partial charge is 0.292 e. The Morgan fingerprint density at radius 3 is 2.85 bits per heavy atom. The second-order valence-electron chi connectivity index (χ2n) is 3.95. The van der Waals surface area contributed by atoms with Gasteiger partial charge in [-0.3, -0.25) is 14.9 Å². The van der Waals surface area contributed by atoms with Crippen LogP contribution in [0, 0.1) is 17.0 Å². The average molecular weight is 277 g/mol. The van der Waals surface area contributed by atoms with Gasteiger partial charge in [0, 0.05) is 11.6 Å². The Bertz CT molecular complexity index is 667. The number of nitrogen functional groups attached to an aromatic ring is 1. The van der Waals surface area contributed by atoms with Crippen LogP contribution in [0.4, 0.5) is 11.4 Å². The summed E-state index contributed by atoms with van der Waals surface area (Å²) in [6.07, 6.45) is 0. The van der Waals surface area contributed by atoms with Crippen molar-refractivity contribution >= 4 is 17.3 Å². The number of nitrogens with one attached hydrogen (secondary N) is 1. The molecule has 0 aliphatic heterocycles. The number of amides is 1. The molecule has 1 amide bonds. The molecule has 0 aliphatic carbocycles. The van der Waals surface area contributed by atoms with Crippen molar-refractivity contribution in [1.29, 1.82) is 0 Å². The van der Waals surface area contributed by atoms with Gasteiger partial charge in [-0.25, -0.2) is 0 Å². The summed E-state index contributed by atoms with van der Waals surface area (Å²) in [5, 5.41) is 16.7. The maximum absolute atomic E-state index is 11.8. The molecule has 104 valence electrons. The molecule has 3 N–H and O–H groups in total. The van der Waals surface area contributed by atoms with Crippen molar-refractivity contribution in [3.63, 3.8) is 0 Å². The van der Waals surface area contributed by atoms with Crippen molar-refractivity contribution in [3.05, 3.63) is 45.6 Å². The number of hydrogen-bond acceptors (Lipinski definition) is 7. The molecule has 2 rings (SSSR count). The SMILES string of the molecule is Cc1noc(CNC(=O)c2ccc([N+](=O)[O-])c(N)c2)n1. The summed E-state index contributed by atoms with van der Waals surface area (Å²) in [4.78, 5) is 25.8. The number of rotatable bonds is 4. The van der Waals surface area contributed by atoms with Gasteiger partial charge in [-0.15, -0.1) is 0 Å². The molecule has 2 aromatic rings. The minimum Gasteiger partial charge on any atom is -0.393 e. The first-order valence-corrected chi connectivity index (χ1v) is 5.58. The highest BCUT2D eigenvalue weighted by Gasteiger charge is 2.15. The van der Waals surface area contributed by atoms with Crippen molar-refractivity contribution < 1.29 is 14.2 Å². The van der Waals surface area contributed by atoms with E-state index in [1.165, 1.54) is 18.2 Å². The summed E-state index contributed by atoms with van der Waals surface area (Å²) in [6.45, 7) is 1.72. The maximum Gasteiger partial charge on any atom is 0.292 e. The fourth-order valence-corrected chi connectivity index (χ4v) is 1.53. The van der Waals surface area contributed by atoms with Crippen LogP contribution in [0.15, 0.2) is 22.7 Å². The topological polar surface area (TPSA) is 137 Å². The third-order valence-electron chi connectivity index (χ3n) is 2.46. The summed E-state index contributed by atoms with van der Waals surface area (Å²) in [6, 6.07) is 3.75. The normalized spacial score (nSPS) is 10.2. The lowest BCUT2D eigenvalue weighted by molar-refractivity contribution is -0.383. The number of benzene rings is 1. The van der Waals surface area contributed by atoms with Gasteiger partial charge in [0.05, 0.1) is 11.5 Å². The Kier molecular flexibility index (Phi) is 3.60. The quantitative estimate of drug-likeness (QED) is 0.478. The lowest BCUT2D eigenvalue weighted by Gasteiger charge is -2.03. The van der Waals surface area contributed by atoms with Crippen LogP contribution in [0.3, 0.4) is 0 Å². The molecule has 0 bridgehead atoms. The molecule has 9 heteroatoms. The molecular formula is C11H11N5O4. The molecule has 20 heavy (non-hydrogen) atoms. The number of hydrogen-bond donors (Lipinski definition) is 2. The number of nitrogens with zero attached hydrogens (tertiary/aromatic N) is 3. The van der Waals surface area contributed by atoms with Crippen molar-refractivity contribution in [2.75, 3.05) is 5.73 Å². The van der Waals surface area contributed by atoms with E-state index in [-0.39, 0.29) is 29.4 Å². The maximum atomic E-state index is 11.8. The molecule has 0 saturated heterocycles. The zero-order valence-electron chi connectivity index (χ0n) is 10.5. The Morgan fingerprint density at radius 1 is 1.55 bits per heavy atom. The predicted octanol–water partition coefficient (Wildman–Crippen LogP) is 0.798. The molecule has 1 aromatic heterocycles. The first-order valence-electron chi connectivity index (χ1n) is 5.58. The minimum atomic E-state index is -0.613. The zero-order chi connectivity index (χ0) is 14.7. The third-order valence-corrected chi connectivity index (χ3v) is 2.46. The van der Waals surface area contributed by atoms with Gasteiger partial charge in [0.2, 0.25) is 5.89 Å². The number of aromatic nitrogens is 2. The second kappa shape index (κ2) is 5.34. The van der Waals surface area contributed by atoms with Crippen LogP contribution in [0.1, 0.15) is 22.1 Å². The van der Waals surface area contributed by atoms with Crippen LogP contribution in [0.5, 0.6) is 0 Å². The van der Waals surface area contributed by atoms with Gasteiger partial charge in [0.15, 0.2) is 5.82 Å². The molecule has 0 aliphatic rings. The monoisotopic (exact) mass is 277 g/mol. The molecule has 0 fully saturated rings. The lowest BCUT2D eigenvalue weighted by Crippen LogP contribution is -2.23. The number of nitro benzene ring substituents is 1. The Balaban J connectivity index is 2.06. The number of aryl methyl sites for hydroxylation is 1. The molecular weight excluding hydrogens is 266 g/mol. The summed E-state index contributed by atoms with van der Waals surface area (Å²) in [5.74, 6) is 0.294. The summed E-state index contributed by atoms with van der Waals surface area (Å²) in [7, 11) is 0. The van der Waals surface area contributed by atoms with Crippen molar-refractivity contribution in [2.45, 2.75) is 13.5 Å². The Hall–Kier alpha value is -2.97. The third kappa shape index (κ3) is 2.88. The first kappa shape index (κ1) is 13.5. The van der Waals surface area contributed by atoms with Gasteiger partial charge in [-0.2, -0.15) is 4.98 Å². The number of nitrogens with two attached hydrogens (primary N) is 1. The lowest BCUT2D eigenvalue weighted by atomic mass is 10.1. The number of anilines is 1. The summed E-state index contributed by atoms with van der Waals surface area (Å²) >= 11 is 0. The largest absolute Gasteiger partial charge is 0.393 e. The van der Waals surface area contributed by atoms with Crippen LogP contribution in [0.25, 0.3) is 0 Å². The highest BCUT2D eigenvalue weighted by molar-refractivity contribution is 5.95. The molecule has 0 spiro atoms. The highest BCUT2D eigenvalue weighted by atomic mass is 16.6. The number of carbonyl (C=O) groups is 1. The fraction of sp³-hybridized carbons (Fsp3) is 0.182. The van der Waals surface area contributed by atoms with E-state index < -0.39 is 10.8 Å². The van der Waals surface area contributed by atoms with Gasteiger partial charge in [-0.05, 0) is 19.1 Å². The van der Waals surface area contributed by atoms with E-state index in [0.717, 1.165) is 0 Å². The van der Waals surface area contributed by atoms with E-state index in [4.69, 9.17) is 10.3 Å². The van der Waals surface area contributed by atoms with E-state index >= 15 is 0 Å². The molecule has 0 radical (unpaired) electrons. The van der Waals surface area contributed by atoms with E-state index in [1.807, 2.05) is 0 Å². The zero-order valence-corrected chi connectivity index (χ0v) is 10.5. The van der Waals surface area contributed by atoms with E-state index in [2.05, 4.69) is 15.5 Å². The van der Waals surface area contributed by atoms with Crippen LogP contribution in [0.2, 0.25) is 0 Å². The molecule has 9 nitrogen and oxygen atoms in total. The van der Waals surface area contributed by atoms with Crippen molar-refractivity contribution in [2.24, 2.45) is 0 Å². The Labute approximate surface area is 112 Å². The van der Waals surface area contributed by atoms with Gasteiger partial charge < -0.3 is 15.6 Å². The van der Waals surface area contributed by atoms with Gasteiger partial charge in [0.25, 0.3) is 11.6 Å². The summed E-state index contributed by atoms with van der Waals surface area (Å²) < 4.78 is 4.84. The summed E-state index contributed by atoms with van der Waals surface area (Å²) in [5.41, 5.74) is 5.41. The van der Waals surface area contributed by atoms with Crippen molar-refractivity contribution in [1.82, 2.24) is 15.5 Å². The molecule has 0 unspecified atom stereocenters. The number of nitro groups is 1. The van der Waals surface area contributed by atoms with Gasteiger partial charge in [0.1, 0.15) is 5.69 Å². The van der Waals surface area contributed by atoms with Crippen LogP contribution < -0.4 is 11.1 Å². The van der Waals surface area contributed by atoms with Gasteiger partial charge in [-0.1, -0.05) is 5.16 Å². The van der Waals surface area contributed by atoms with Gasteiger partial charge >= 0.3 is 0 Å². The first-order chi connectivity index (χ1) is 9.47. The predicted molar refractivity (Wildman–Crippen MR) is 67.7 cm³/mol. The Morgan fingerprint density at radius 2 is 2.30 bits per heavy atom. The number of carbonyl (C=O) groups excluding carboxylic acids is 1. The molecule has 0 atom stereocenters. The second-order valence-corrected chi connectivity index (χ2v) is 3.95. The molecule has 1 heterocycles. The fourth-order valence-electron chi connectivity index (χ4n) is 1.53. The van der Waals surface area contributed by atoms with Crippen LogP contribution in [-0.4, -0.2) is 21.0 Å². The highest BCUT2D eigenvalue weighted by Crippen LogP contribution is 2.21. The molecule has 0 saturated carbocycles. The van der Waals surface area contributed by atoms with Crippen LogP contribution >= 0.6 is 0 Å². The van der Waals surface area contributed by atoms with E-state index in [0.29, 0.717) is 5.82 Å². The minimum absolute atomic E-state index is 0.0660. The average Bonchev–Trinajstić information content (AvgIpc) is 2.81. The van der Waals surface area contributed by atoms with Crippen molar-refractivity contribution in [3.8, 4) is 0 Å².